The molecule has 2 aromatic heterocycles. The second-order valence-corrected chi connectivity index (χ2v) is 3.71. The summed E-state index contributed by atoms with van der Waals surface area (Å²) in [5.41, 5.74) is -0.151. The van der Waals surface area contributed by atoms with Crippen LogP contribution >= 0.6 is 0 Å². The number of nitrogens with zero attached hydrogens (tertiary/aromatic N) is 3. The molecule has 0 saturated carbocycles. The molecule has 0 radical (unpaired) electrons. The fourth-order valence-corrected chi connectivity index (χ4v) is 1.68. The summed E-state index contributed by atoms with van der Waals surface area (Å²) < 4.78 is 8.21. The number of imidazole rings is 1. The van der Waals surface area contributed by atoms with Gasteiger partial charge in [0, 0.05) is 20.7 Å². The zero-order valence-electron chi connectivity index (χ0n) is 9.98. The SMILES string of the molecule is CCOCc1nc2c(c(=O)[nH]c(=O)n2C)n1C. The molecule has 92 valence electrons. The molecule has 0 aliphatic heterocycles. The van der Waals surface area contributed by atoms with Crippen LogP contribution in [0.5, 0.6) is 0 Å². The second kappa shape index (κ2) is 4.17. The van der Waals surface area contributed by atoms with E-state index < -0.39 is 11.2 Å². The third kappa shape index (κ3) is 1.78. The molecule has 0 amide bonds. The number of aryl methyl sites for hydroxylation is 2. The summed E-state index contributed by atoms with van der Waals surface area (Å²) in [7, 11) is 3.29. The van der Waals surface area contributed by atoms with Gasteiger partial charge in [-0.3, -0.25) is 14.3 Å². The maximum atomic E-state index is 11.7. The molecule has 2 heterocycles. The fraction of sp³-hybridized carbons (Fsp3) is 0.500. The summed E-state index contributed by atoms with van der Waals surface area (Å²) in [6, 6.07) is 0. The molecule has 2 rings (SSSR count). The Morgan fingerprint density at radius 3 is 2.65 bits per heavy atom. The first-order valence-corrected chi connectivity index (χ1v) is 5.28. The quantitative estimate of drug-likeness (QED) is 0.781. The van der Waals surface area contributed by atoms with Gasteiger partial charge in [0.15, 0.2) is 11.2 Å². The molecule has 0 bridgehead atoms. The summed E-state index contributed by atoms with van der Waals surface area (Å²) in [5, 5.41) is 0. The topological polar surface area (TPSA) is 81.9 Å². The second-order valence-electron chi connectivity index (χ2n) is 3.71. The van der Waals surface area contributed by atoms with Crippen molar-refractivity contribution in [1.82, 2.24) is 19.1 Å². The largest absolute Gasteiger partial charge is 0.374 e. The van der Waals surface area contributed by atoms with Crippen LogP contribution in [0, 0.1) is 0 Å². The highest BCUT2D eigenvalue weighted by atomic mass is 16.5. The molecule has 0 fully saturated rings. The third-order valence-corrected chi connectivity index (χ3v) is 2.66. The number of fused-ring (bicyclic) bond motifs is 1. The van der Waals surface area contributed by atoms with Gasteiger partial charge < -0.3 is 9.30 Å². The maximum Gasteiger partial charge on any atom is 0.329 e. The molecule has 17 heavy (non-hydrogen) atoms. The van der Waals surface area contributed by atoms with E-state index in [0.29, 0.717) is 30.2 Å². The van der Waals surface area contributed by atoms with Gasteiger partial charge in [-0.15, -0.1) is 0 Å². The van der Waals surface area contributed by atoms with Crippen LogP contribution in [0.3, 0.4) is 0 Å². The molecule has 7 nitrogen and oxygen atoms in total. The molecule has 0 aliphatic carbocycles. The summed E-state index contributed by atoms with van der Waals surface area (Å²) in [6.07, 6.45) is 0. The van der Waals surface area contributed by atoms with Gasteiger partial charge in [0.2, 0.25) is 0 Å². The number of H-pyrrole nitrogens is 1. The molecular weight excluding hydrogens is 224 g/mol. The molecule has 1 N–H and O–H groups in total. The highest BCUT2D eigenvalue weighted by Gasteiger charge is 2.14. The van der Waals surface area contributed by atoms with E-state index in [1.165, 1.54) is 4.57 Å². The highest BCUT2D eigenvalue weighted by molar-refractivity contribution is 5.70. The maximum absolute atomic E-state index is 11.7. The summed E-state index contributed by atoms with van der Waals surface area (Å²) in [4.78, 5) is 29.6. The van der Waals surface area contributed by atoms with Gasteiger partial charge in [0.05, 0.1) is 0 Å². The first-order chi connectivity index (χ1) is 8.06. The standard InChI is InChI=1S/C10H14N4O3/c1-4-17-5-6-11-8-7(13(6)2)9(15)12-10(16)14(8)3/h4-5H2,1-3H3,(H,12,15,16). The van der Waals surface area contributed by atoms with Crippen molar-refractivity contribution in [3.05, 3.63) is 26.7 Å². The van der Waals surface area contributed by atoms with E-state index in [-0.39, 0.29) is 0 Å². The fourth-order valence-electron chi connectivity index (χ4n) is 1.68. The molecule has 0 aliphatic rings. The van der Waals surface area contributed by atoms with E-state index in [1.54, 1.807) is 18.7 Å². The minimum Gasteiger partial charge on any atom is -0.374 e. The Balaban J connectivity index is 2.73. The van der Waals surface area contributed by atoms with Crippen LogP contribution in [-0.2, 0) is 25.4 Å². The molecule has 0 aromatic carbocycles. The molecule has 0 spiro atoms. The number of ether oxygens (including phenoxy) is 1. The van der Waals surface area contributed by atoms with Crippen molar-refractivity contribution < 1.29 is 4.74 Å². The number of rotatable bonds is 3. The molecule has 0 saturated heterocycles. The van der Waals surface area contributed by atoms with Crippen LogP contribution in [0.15, 0.2) is 9.59 Å². The lowest BCUT2D eigenvalue weighted by Crippen LogP contribution is -2.29. The van der Waals surface area contributed by atoms with Crippen molar-refractivity contribution in [1.29, 1.82) is 0 Å². The van der Waals surface area contributed by atoms with Crippen molar-refractivity contribution >= 4 is 11.2 Å². The smallest absolute Gasteiger partial charge is 0.329 e. The predicted molar refractivity (Wildman–Crippen MR) is 61.9 cm³/mol. The average Bonchev–Trinajstić information content (AvgIpc) is 2.61. The minimum absolute atomic E-state index is 0.315. The van der Waals surface area contributed by atoms with Gasteiger partial charge in [0.25, 0.3) is 5.56 Å². The van der Waals surface area contributed by atoms with Crippen LogP contribution in [0.25, 0.3) is 11.2 Å². The highest BCUT2D eigenvalue weighted by Crippen LogP contribution is 2.09. The van der Waals surface area contributed by atoms with Gasteiger partial charge >= 0.3 is 5.69 Å². The summed E-state index contributed by atoms with van der Waals surface area (Å²) in [6.45, 7) is 2.76. The number of nitrogens with one attached hydrogen (secondary N) is 1. The van der Waals surface area contributed by atoms with E-state index in [9.17, 15) is 9.59 Å². The average molecular weight is 238 g/mol. The van der Waals surface area contributed by atoms with Gasteiger partial charge in [-0.1, -0.05) is 0 Å². The zero-order valence-corrected chi connectivity index (χ0v) is 9.98. The molecule has 0 atom stereocenters. The van der Waals surface area contributed by atoms with E-state index in [0.717, 1.165) is 0 Å². The zero-order chi connectivity index (χ0) is 12.6. The lowest BCUT2D eigenvalue weighted by atomic mass is 10.5. The van der Waals surface area contributed by atoms with Crippen molar-refractivity contribution in [3.8, 4) is 0 Å². The Labute approximate surface area is 96.7 Å². The van der Waals surface area contributed by atoms with Crippen LogP contribution in [0.1, 0.15) is 12.7 Å². The van der Waals surface area contributed by atoms with Gasteiger partial charge in [-0.25, -0.2) is 9.78 Å². The number of hydrogen-bond donors (Lipinski definition) is 1. The Bertz CT molecular complexity index is 664. The first-order valence-electron chi connectivity index (χ1n) is 5.28. The van der Waals surface area contributed by atoms with Gasteiger partial charge in [0.1, 0.15) is 12.4 Å². The predicted octanol–water partition coefficient (Wildman–Crippen LogP) is -0.503. The lowest BCUT2D eigenvalue weighted by Gasteiger charge is -2.01. The van der Waals surface area contributed by atoms with Crippen LogP contribution in [0.4, 0.5) is 0 Å². The van der Waals surface area contributed by atoms with Crippen molar-refractivity contribution in [2.75, 3.05) is 6.61 Å². The number of aromatic nitrogens is 4. The Kier molecular flexibility index (Phi) is 2.84. The van der Waals surface area contributed by atoms with Crippen LogP contribution in [-0.4, -0.2) is 25.7 Å². The molecule has 7 heteroatoms. The van der Waals surface area contributed by atoms with Crippen molar-refractivity contribution in [3.63, 3.8) is 0 Å². The minimum atomic E-state index is -0.469. The molecule has 2 aromatic rings. The molecular formula is C10H14N4O3. The van der Waals surface area contributed by atoms with Crippen molar-refractivity contribution in [2.45, 2.75) is 13.5 Å². The summed E-state index contributed by atoms with van der Waals surface area (Å²) in [5.74, 6) is 0.619. The lowest BCUT2D eigenvalue weighted by molar-refractivity contribution is 0.126. The van der Waals surface area contributed by atoms with E-state index in [2.05, 4.69) is 9.97 Å². The Morgan fingerprint density at radius 1 is 1.29 bits per heavy atom. The normalized spacial score (nSPS) is 11.2. The number of hydrogen-bond acceptors (Lipinski definition) is 4. The Hall–Kier alpha value is -1.89. The van der Waals surface area contributed by atoms with Crippen LogP contribution in [0.2, 0.25) is 0 Å². The third-order valence-electron chi connectivity index (χ3n) is 2.66. The van der Waals surface area contributed by atoms with Gasteiger partial charge in [-0.05, 0) is 6.92 Å². The van der Waals surface area contributed by atoms with Crippen LogP contribution < -0.4 is 11.2 Å². The van der Waals surface area contributed by atoms with Gasteiger partial charge in [-0.2, -0.15) is 0 Å². The van der Waals surface area contributed by atoms with E-state index >= 15 is 0 Å². The Morgan fingerprint density at radius 2 is 2.00 bits per heavy atom. The van der Waals surface area contributed by atoms with Crippen molar-refractivity contribution in [2.24, 2.45) is 14.1 Å². The summed E-state index contributed by atoms with van der Waals surface area (Å²) >= 11 is 0. The monoisotopic (exact) mass is 238 g/mol. The first kappa shape index (κ1) is 11.6. The van der Waals surface area contributed by atoms with E-state index in [1.807, 2.05) is 6.92 Å². The molecule has 0 unspecified atom stereocenters. The van der Waals surface area contributed by atoms with E-state index in [4.69, 9.17) is 4.74 Å². The number of aromatic amines is 1.